The normalized spacial score (nSPS) is 13.4. The zero-order valence-electron chi connectivity index (χ0n) is 10.2. The third kappa shape index (κ3) is 4.60. The molecule has 0 rings (SSSR count). The Morgan fingerprint density at radius 2 is 1.78 bits per heavy atom. The monoisotopic (exact) mass is 265 g/mol. The molecule has 1 N–H and O–H groups in total. The third-order valence-electron chi connectivity index (χ3n) is 1.97. The molecule has 0 aliphatic rings. The molecule has 0 aromatic rings. The van der Waals surface area contributed by atoms with Crippen LogP contribution in [0.25, 0.3) is 0 Å². The Hall–Kier alpha value is -1.79. The molecule has 0 heterocycles. The summed E-state index contributed by atoms with van der Waals surface area (Å²) in [5.41, 5.74) is -1.40. The van der Waals surface area contributed by atoms with Crippen molar-refractivity contribution in [1.82, 2.24) is 4.90 Å². The summed E-state index contributed by atoms with van der Waals surface area (Å²) in [7, 11) is 3.24. The third-order valence-corrected chi connectivity index (χ3v) is 1.97. The second kappa shape index (κ2) is 6.23. The number of carboxylic acids is 1. The number of aliphatic carboxylic acids is 1. The van der Waals surface area contributed by atoms with Gasteiger partial charge in [0.1, 0.15) is 5.57 Å². The second-order valence-electron chi connectivity index (χ2n) is 3.67. The van der Waals surface area contributed by atoms with Crippen molar-refractivity contribution >= 4 is 11.8 Å². The molecule has 0 radical (unpaired) electrons. The highest BCUT2D eigenvalue weighted by molar-refractivity contribution is 6.19. The van der Waals surface area contributed by atoms with Crippen molar-refractivity contribution in [3.63, 3.8) is 0 Å². The zero-order chi connectivity index (χ0) is 14.5. The van der Waals surface area contributed by atoms with Crippen LogP contribution in [0, 0.1) is 0 Å². The Morgan fingerprint density at radius 1 is 1.28 bits per heavy atom. The minimum atomic E-state index is -5.19. The molecule has 18 heavy (non-hydrogen) atoms. The number of halogens is 3. The van der Waals surface area contributed by atoms with E-state index in [0.717, 1.165) is 0 Å². The van der Waals surface area contributed by atoms with Crippen LogP contribution >= 0.6 is 0 Å². The highest BCUT2D eigenvalue weighted by Crippen LogP contribution is 2.24. The number of Topliss-reactive ketones (excluding diaryl/α,β-unsaturated/α-hetero) is 1. The fourth-order valence-electron chi connectivity index (χ4n) is 1.14. The molecule has 0 fully saturated rings. The zero-order valence-corrected chi connectivity index (χ0v) is 10.2. The predicted molar refractivity (Wildman–Crippen MR) is 58.8 cm³/mol. The number of carbonyl (C=O) groups excluding carboxylic acids is 1. The first-order chi connectivity index (χ1) is 8.11. The SMILES string of the molecule is CCC(C=CN(C)C)=C(C(=O)O)C(=O)C(F)(F)F. The Kier molecular flexibility index (Phi) is 5.61. The van der Waals surface area contributed by atoms with E-state index >= 15 is 0 Å². The topological polar surface area (TPSA) is 57.6 Å². The van der Waals surface area contributed by atoms with Crippen LogP contribution in [0.15, 0.2) is 23.4 Å². The number of rotatable bonds is 5. The van der Waals surface area contributed by atoms with Gasteiger partial charge in [0, 0.05) is 14.1 Å². The summed E-state index contributed by atoms with van der Waals surface area (Å²) in [6, 6.07) is 0. The van der Waals surface area contributed by atoms with E-state index in [1.165, 1.54) is 24.1 Å². The number of carboxylic acid groups (broad SMARTS) is 1. The first-order valence-corrected chi connectivity index (χ1v) is 5.03. The van der Waals surface area contributed by atoms with Gasteiger partial charge in [-0.25, -0.2) is 4.79 Å². The van der Waals surface area contributed by atoms with E-state index in [4.69, 9.17) is 5.11 Å². The van der Waals surface area contributed by atoms with Crippen LogP contribution in [0.3, 0.4) is 0 Å². The molecular formula is C11H14F3NO3. The van der Waals surface area contributed by atoms with E-state index in [1.54, 1.807) is 14.1 Å². The standard InChI is InChI=1S/C11H14F3NO3/c1-4-7(5-6-15(2)3)8(10(17)18)9(16)11(12,13)14/h5-6H,4H2,1-3H3,(H,17,18). The summed E-state index contributed by atoms with van der Waals surface area (Å²) in [6.45, 7) is 1.47. The van der Waals surface area contributed by atoms with Crippen LogP contribution in [0.2, 0.25) is 0 Å². The lowest BCUT2D eigenvalue weighted by Crippen LogP contribution is -2.29. The Bertz CT molecular complexity index is 395. The first-order valence-electron chi connectivity index (χ1n) is 5.03. The summed E-state index contributed by atoms with van der Waals surface area (Å²) in [5, 5.41) is 8.75. The van der Waals surface area contributed by atoms with Gasteiger partial charge in [-0.3, -0.25) is 4.79 Å². The van der Waals surface area contributed by atoms with Crippen molar-refractivity contribution in [1.29, 1.82) is 0 Å². The van der Waals surface area contributed by atoms with Crippen molar-refractivity contribution < 1.29 is 27.9 Å². The fourth-order valence-corrected chi connectivity index (χ4v) is 1.14. The minimum absolute atomic E-state index is 0.00773. The average Bonchev–Trinajstić information content (AvgIpc) is 2.20. The maximum absolute atomic E-state index is 12.3. The molecule has 0 aromatic heterocycles. The quantitative estimate of drug-likeness (QED) is 0.357. The van der Waals surface area contributed by atoms with Crippen molar-refractivity contribution in [2.24, 2.45) is 0 Å². The first kappa shape index (κ1) is 16.2. The number of alkyl halides is 3. The van der Waals surface area contributed by atoms with Crippen molar-refractivity contribution in [2.75, 3.05) is 14.1 Å². The van der Waals surface area contributed by atoms with Crippen LogP contribution in [0.5, 0.6) is 0 Å². The predicted octanol–water partition coefficient (Wildman–Crippen LogP) is 1.98. The molecule has 0 atom stereocenters. The minimum Gasteiger partial charge on any atom is -0.478 e. The molecule has 0 bridgehead atoms. The van der Waals surface area contributed by atoms with Gasteiger partial charge in [-0.2, -0.15) is 13.2 Å². The number of hydrogen-bond donors (Lipinski definition) is 1. The summed E-state index contributed by atoms with van der Waals surface area (Å²) in [6.07, 6.45) is -2.62. The molecular weight excluding hydrogens is 251 g/mol. The van der Waals surface area contributed by atoms with E-state index in [9.17, 15) is 22.8 Å². The van der Waals surface area contributed by atoms with Gasteiger partial charge in [0.25, 0.3) is 5.78 Å². The number of carbonyl (C=O) groups is 2. The highest BCUT2D eigenvalue weighted by atomic mass is 19.4. The second-order valence-corrected chi connectivity index (χ2v) is 3.67. The van der Waals surface area contributed by atoms with Gasteiger partial charge in [-0.15, -0.1) is 0 Å². The summed E-state index contributed by atoms with van der Waals surface area (Å²) < 4.78 is 36.8. The molecule has 0 amide bonds. The lowest BCUT2D eigenvalue weighted by atomic mass is 10.0. The van der Waals surface area contributed by atoms with Crippen LogP contribution in [0.1, 0.15) is 13.3 Å². The lowest BCUT2D eigenvalue weighted by molar-refractivity contribution is -0.168. The molecule has 0 aliphatic carbocycles. The number of hydrogen-bond acceptors (Lipinski definition) is 3. The van der Waals surface area contributed by atoms with Gasteiger partial charge < -0.3 is 10.0 Å². The van der Waals surface area contributed by atoms with Crippen LogP contribution in [-0.2, 0) is 9.59 Å². The Morgan fingerprint density at radius 3 is 2.06 bits per heavy atom. The average molecular weight is 265 g/mol. The molecule has 0 aromatic carbocycles. The maximum atomic E-state index is 12.3. The van der Waals surface area contributed by atoms with E-state index in [2.05, 4.69) is 0 Å². The molecule has 0 saturated carbocycles. The largest absolute Gasteiger partial charge is 0.478 e. The Balaban J connectivity index is 5.67. The van der Waals surface area contributed by atoms with Gasteiger partial charge in [0.15, 0.2) is 0 Å². The number of nitrogens with zero attached hydrogens (tertiary/aromatic N) is 1. The molecule has 4 nitrogen and oxygen atoms in total. The number of allylic oxidation sites excluding steroid dienone is 2. The molecule has 0 aliphatic heterocycles. The summed E-state index contributed by atoms with van der Waals surface area (Å²) in [4.78, 5) is 23.4. The summed E-state index contributed by atoms with van der Waals surface area (Å²) in [5.74, 6) is -4.21. The molecule has 0 spiro atoms. The molecule has 0 saturated heterocycles. The van der Waals surface area contributed by atoms with Crippen LogP contribution < -0.4 is 0 Å². The summed E-state index contributed by atoms with van der Waals surface area (Å²) >= 11 is 0. The van der Waals surface area contributed by atoms with Crippen LogP contribution in [-0.4, -0.2) is 42.0 Å². The molecule has 0 unspecified atom stereocenters. The van der Waals surface area contributed by atoms with Gasteiger partial charge in [-0.1, -0.05) is 6.92 Å². The van der Waals surface area contributed by atoms with Gasteiger partial charge >= 0.3 is 12.1 Å². The van der Waals surface area contributed by atoms with E-state index in [1.807, 2.05) is 0 Å². The van der Waals surface area contributed by atoms with Crippen molar-refractivity contribution in [2.45, 2.75) is 19.5 Å². The molecule has 102 valence electrons. The van der Waals surface area contributed by atoms with Gasteiger partial charge in [-0.05, 0) is 24.3 Å². The van der Waals surface area contributed by atoms with E-state index in [-0.39, 0.29) is 12.0 Å². The number of ketones is 1. The maximum Gasteiger partial charge on any atom is 0.455 e. The lowest BCUT2D eigenvalue weighted by Gasteiger charge is -2.10. The van der Waals surface area contributed by atoms with Gasteiger partial charge in [0.05, 0.1) is 0 Å². The highest BCUT2D eigenvalue weighted by Gasteiger charge is 2.43. The van der Waals surface area contributed by atoms with Crippen molar-refractivity contribution in [3.05, 3.63) is 23.4 Å². The van der Waals surface area contributed by atoms with Crippen molar-refractivity contribution in [3.8, 4) is 0 Å². The van der Waals surface area contributed by atoms with Gasteiger partial charge in [0.2, 0.25) is 0 Å². The van der Waals surface area contributed by atoms with E-state index in [0.29, 0.717) is 0 Å². The smallest absolute Gasteiger partial charge is 0.455 e. The van der Waals surface area contributed by atoms with E-state index < -0.39 is 23.5 Å². The fraction of sp³-hybridized carbons (Fsp3) is 0.455. The van der Waals surface area contributed by atoms with Crippen LogP contribution in [0.4, 0.5) is 13.2 Å². The Labute approximate surface area is 102 Å². The molecule has 7 heteroatoms.